The molecule has 0 atom stereocenters. The summed E-state index contributed by atoms with van der Waals surface area (Å²) in [5.74, 6) is 0.472. The zero-order valence-corrected chi connectivity index (χ0v) is 12.5. The minimum absolute atomic E-state index is 0.472. The first kappa shape index (κ1) is 14.3. The van der Waals surface area contributed by atoms with Crippen molar-refractivity contribution < 1.29 is 4.39 Å². The Morgan fingerprint density at radius 2 is 1.67 bits per heavy atom. The molecule has 2 aliphatic rings. The second-order valence-electron chi connectivity index (χ2n) is 7.01. The highest BCUT2D eigenvalue weighted by Gasteiger charge is 2.46. The predicted molar refractivity (Wildman–Crippen MR) is 74.6 cm³/mol. The van der Waals surface area contributed by atoms with Crippen molar-refractivity contribution >= 4 is 0 Å². The molecule has 2 saturated heterocycles. The van der Waals surface area contributed by atoms with E-state index in [1.807, 2.05) is 0 Å². The fourth-order valence-corrected chi connectivity index (χ4v) is 3.57. The van der Waals surface area contributed by atoms with Gasteiger partial charge in [0.25, 0.3) is 0 Å². The Morgan fingerprint density at radius 1 is 1.11 bits per heavy atom. The van der Waals surface area contributed by atoms with Crippen LogP contribution in [0.1, 0.15) is 47.0 Å². The molecule has 2 nitrogen and oxygen atoms in total. The van der Waals surface area contributed by atoms with Gasteiger partial charge < -0.3 is 4.90 Å². The molecule has 0 unspecified atom stereocenters. The minimum Gasteiger partial charge on any atom is -0.301 e. The molecule has 0 saturated carbocycles. The third kappa shape index (κ3) is 3.24. The van der Waals surface area contributed by atoms with Gasteiger partial charge in [-0.05, 0) is 52.1 Å². The average molecular weight is 256 g/mol. The van der Waals surface area contributed by atoms with Gasteiger partial charge in [-0.3, -0.25) is 4.90 Å². The smallest absolute Gasteiger partial charge is 0.136 e. The molecule has 2 aliphatic heterocycles. The second kappa shape index (κ2) is 5.46. The molecular formula is C15H29FN2. The molecule has 0 radical (unpaired) electrons. The first-order chi connectivity index (χ1) is 8.39. The molecule has 0 N–H and O–H groups in total. The van der Waals surface area contributed by atoms with Gasteiger partial charge in [-0.1, -0.05) is 13.8 Å². The van der Waals surface area contributed by atoms with Crippen molar-refractivity contribution in [3.63, 3.8) is 0 Å². The zero-order chi connectivity index (χ0) is 13.3. The maximum absolute atomic E-state index is 14.3. The van der Waals surface area contributed by atoms with Crippen LogP contribution in [0.5, 0.6) is 0 Å². The van der Waals surface area contributed by atoms with E-state index >= 15 is 0 Å². The molecule has 106 valence electrons. The van der Waals surface area contributed by atoms with Crippen LogP contribution in [0.2, 0.25) is 0 Å². The van der Waals surface area contributed by atoms with Gasteiger partial charge >= 0.3 is 0 Å². The SMILES string of the molecule is CC(C)CC1(F)CN(C2CCN(C(C)C)CC2)C1. The van der Waals surface area contributed by atoms with Crippen LogP contribution in [0.4, 0.5) is 4.39 Å². The summed E-state index contributed by atoms with van der Waals surface area (Å²) in [6, 6.07) is 1.29. The Labute approximate surface area is 112 Å². The summed E-state index contributed by atoms with van der Waals surface area (Å²) in [5.41, 5.74) is -0.886. The second-order valence-corrected chi connectivity index (χ2v) is 7.01. The fraction of sp³-hybridized carbons (Fsp3) is 1.00. The van der Waals surface area contributed by atoms with E-state index in [9.17, 15) is 4.39 Å². The summed E-state index contributed by atoms with van der Waals surface area (Å²) < 4.78 is 14.3. The van der Waals surface area contributed by atoms with Crippen LogP contribution in [-0.2, 0) is 0 Å². The van der Waals surface area contributed by atoms with Gasteiger partial charge in [0.1, 0.15) is 5.67 Å². The summed E-state index contributed by atoms with van der Waals surface area (Å²) in [4.78, 5) is 4.91. The number of rotatable bonds is 4. The van der Waals surface area contributed by atoms with Gasteiger partial charge in [-0.15, -0.1) is 0 Å². The van der Waals surface area contributed by atoms with Crippen molar-refractivity contribution in [1.82, 2.24) is 9.80 Å². The Kier molecular flexibility index (Phi) is 4.32. The van der Waals surface area contributed by atoms with Gasteiger partial charge in [-0.2, -0.15) is 0 Å². The third-order valence-electron chi connectivity index (χ3n) is 4.49. The Hall–Kier alpha value is -0.150. The van der Waals surface area contributed by atoms with Crippen molar-refractivity contribution in [1.29, 1.82) is 0 Å². The van der Waals surface area contributed by atoms with E-state index in [1.165, 1.54) is 25.9 Å². The Morgan fingerprint density at radius 3 is 2.11 bits per heavy atom. The maximum atomic E-state index is 14.3. The molecule has 0 amide bonds. The lowest BCUT2D eigenvalue weighted by molar-refractivity contribution is -0.0808. The molecule has 0 spiro atoms. The lowest BCUT2D eigenvalue weighted by Gasteiger charge is -2.51. The summed E-state index contributed by atoms with van der Waals surface area (Å²) in [6.07, 6.45) is 3.17. The van der Waals surface area contributed by atoms with Crippen LogP contribution in [0, 0.1) is 5.92 Å². The van der Waals surface area contributed by atoms with Crippen LogP contribution >= 0.6 is 0 Å². The number of nitrogens with zero attached hydrogens (tertiary/aromatic N) is 2. The fourth-order valence-electron chi connectivity index (χ4n) is 3.57. The molecule has 3 heteroatoms. The number of piperidine rings is 1. The lowest BCUT2D eigenvalue weighted by atomic mass is 9.84. The molecule has 2 heterocycles. The summed E-state index contributed by atoms with van der Waals surface area (Å²) >= 11 is 0. The molecule has 0 aromatic carbocycles. The van der Waals surface area contributed by atoms with E-state index in [0.717, 1.165) is 6.42 Å². The number of hydrogen-bond donors (Lipinski definition) is 0. The molecule has 2 rings (SSSR count). The largest absolute Gasteiger partial charge is 0.301 e. The van der Waals surface area contributed by atoms with Crippen LogP contribution in [-0.4, -0.2) is 53.7 Å². The van der Waals surface area contributed by atoms with E-state index in [0.29, 0.717) is 31.1 Å². The zero-order valence-electron chi connectivity index (χ0n) is 12.5. The Balaban J connectivity index is 1.73. The van der Waals surface area contributed by atoms with Crippen molar-refractivity contribution in [3.05, 3.63) is 0 Å². The number of hydrogen-bond acceptors (Lipinski definition) is 2. The highest BCUT2D eigenvalue weighted by Crippen LogP contribution is 2.35. The summed E-state index contributed by atoms with van der Waals surface area (Å²) in [7, 11) is 0. The van der Waals surface area contributed by atoms with E-state index in [4.69, 9.17) is 0 Å². The van der Waals surface area contributed by atoms with Crippen LogP contribution in [0.3, 0.4) is 0 Å². The normalized spacial score (nSPS) is 26.8. The van der Waals surface area contributed by atoms with Gasteiger partial charge in [0.2, 0.25) is 0 Å². The highest BCUT2D eigenvalue weighted by molar-refractivity contribution is 5.00. The molecule has 0 bridgehead atoms. The summed E-state index contributed by atoms with van der Waals surface area (Å²) in [5, 5.41) is 0. The monoisotopic (exact) mass is 256 g/mol. The highest BCUT2D eigenvalue weighted by atomic mass is 19.1. The van der Waals surface area contributed by atoms with Crippen LogP contribution in [0.25, 0.3) is 0 Å². The van der Waals surface area contributed by atoms with E-state index in [-0.39, 0.29) is 0 Å². The molecule has 0 aliphatic carbocycles. The van der Waals surface area contributed by atoms with E-state index < -0.39 is 5.67 Å². The maximum Gasteiger partial charge on any atom is 0.136 e. The topological polar surface area (TPSA) is 6.48 Å². The first-order valence-electron chi connectivity index (χ1n) is 7.57. The third-order valence-corrected chi connectivity index (χ3v) is 4.49. The van der Waals surface area contributed by atoms with E-state index in [2.05, 4.69) is 37.5 Å². The van der Waals surface area contributed by atoms with Gasteiger partial charge in [0.05, 0.1) is 0 Å². The first-order valence-corrected chi connectivity index (χ1v) is 7.57. The summed E-state index contributed by atoms with van der Waals surface area (Å²) in [6.45, 7) is 12.5. The minimum atomic E-state index is -0.886. The van der Waals surface area contributed by atoms with Gasteiger partial charge in [-0.25, -0.2) is 4.39 Å². The van der Waals surface area contributed by atoms with Crippen LogP contribution < -0.4 is 0 Å². The molecule has 0 aromatic rings. The molecular weight excluding hydrogens is 227 g/mol. The number of likely N-dealkylation sites (tertiary alicyclic amines) is 2. The Bertz CT molecular complexity index is 264. The van der Waals surface area contributed by atoms with Crippen molar-refractivity contribution in [2.24, 2.45) is 5.92 Å². The van der Waals surface area contributed by atoms with Gasteiger partial charge in [0, 0.05) is 25.2 Å². The van der Waals surface area contributed by atoms with Crippen molar-refractivity contribution in [3.8, 4) is 0 Å². The average Bonchev–Trinajstić information content (AvgIpc) is 2.25. The van der Waals surface area contributed by atoms with Crippen LogP contribution in [0.15, 0.2) is 0 Å². The molecule has 18 heavy (non-hydrogen) atoms. The number of alkyl halides is 1. The van der Waals surface area contributed by atoms with Crippen molar-refractivity contribution in [2.45, 2.75) is 64.7 Å². The number of halogens is 1. The van der Waals surface area contributed by atoms with Gasteiger partial charge in [0.15, 0.2) is 0 Å². The molecule has 0 aromatic heterocycles. The standard InChI is InChI=1S/C15H29FN2/c1-12(2)9-15(16)10-18(11-15)14-5-7-17(8-6-14)13(3)4/h12-14H,5-11H2,1-4H3. The predicted octanol–water partition coefficient (Wildman–Crippen LogP) is 2.93. The molecule has 2 fully saturated rings. The lowest BCUT2D eigenvalue weighted by Crippen LogP contribution is -2.64. The van der Waals surface area contributed by atoms with Crippen molar-refractivity contribution in [2.75, 3.05) is 26.2 Å². The van der Waals surface area contributed by atoms with E-state index in [1.54, 1.807) is 0 Å². The quantitative estimate of drug-likeness (QED) is 0.763.